The van der Waals surface area contributed by atoms with Crippen LogP contribution in [0.25, 0.3) is 0 Å². The minimum Gasteiger partial charge on any atom is -0.456 e. The number of nitrogens with zero attached hydrogens (tertiary/aromatic N) is 1. The van der Waals surface area contributed by atoms with Gasteiger partial charge in [0.1, 0.15) is 17.6 Å². The second-order valence-electron chi connectivity index (χ2n) is 3.67. The zero-order chi connectivity index (χ0) is 12.3. The highest BCUT2D eigenvalue weighted by Gasteiger charge is 2.04. The van der Waals surface area contributed by atoms with Gasteiger partial charge in [0.2, 0.25) is 0 Å². The number of nitriles is 1. The summed E-state index contributed by atoms with van der Waals surface area (Å²) in [6, 6.07) is 14.6. The minimum absolute atomic E-state index is 0.519. The zero-order valence-corrected chi connectivity index (χ0v) is 10.0. The largest absolute Gasteiger partial charge is 0.456 e. The normalized spacial score (nSPS) is 9.71. The first-order chi connectivity index (χ1) is 8.19. The summed E-state index contributed by atoms with van der Waals surface area (Å²) in [5, 5.41) is 9.64. The molecule has 0 aromatic heterocycles. The van der Waals surface area contributed by atoms with Crippen molar-refractivity contribution in [3.63, 3.8) is 0 Å². The Morgan fingerprint density at radius 1 is 1.12 bits per heavy atom. The van der Waals surface area contributed by atoms with Crippen molar-refractivity contribution in [1.29, 1.82) is 5.26 Å². The summed E-state index contributed by atoms with van der Waals surface area (Å²) < 4.78 is 5.66. The van der Waals surface area contributed by atoms with Crippen molar-refractivity contribution < 1.29 is 4.74 Å². The number of halogens is 1. The average molecular weight is 244 g/mol. The van der Waals surface area contributed by atoms with Crippen LogP contribution in [0.4, 0.5) is 0 Å². The molecule has 0 heterocycles. The van der Waals surface area contributed by atoms with Gasteiger partial charge >= 0.3 is 0 Å². The highest BCUT2D eigenvalue weighted by Crippen LogP contribution is 2.26. The van der Waals surface area contributed by atoms with Gasteiger partial charge < -0.3 is 4.74 Å². The summed E-state index contributed by atoms with van der Waals surface area (Å²) >= 11 is 5.79. The molecule has 0 aliphatic rings. The molecule has 0 spiro atoms. The topological polar surface area (TPSA) is 33.0 Å². The maximum atomic E-state index is 8.98. The standard InChI is InChI=1S/C14H10ClNO/c1-10-2-3-11(9-16)14(8-10)17-13-6-4-12(15)5-7-13/h2-8H,1H3. The van der Waals surface area contributed by atoms with Gasteiger partial charge in [-0.25, -0.2) is 0 Å². The Morgan fingerprint density at radius 2 is 1.82 bits per heavy atom. The first kappa shape index (κ1) is 11.5. The lowest BCUT2D eigenvalue weighted by Gasteiger charge is -2.08. The number of rotatable bonds is 2. The fourth-order valence-corrected chi connectivity index (χ4v) is 1.56. The van der Waals surface area contributed by atoms with Gasteiger partial charge in [0, 0.05) is 5.02 Å². The van der Waals surface area contributed by atoms with Crippen molar-refractivity contribution in [1.82, 2.24) is 0 Å². The van der Waals surface area contributed by atoms with Crippen LogP contribution in [0.5, 0.6) is 11.5 Å². The molecular weight excluding hydrogens is 234 g/mol. The first-order valence-corrected chi connectivity index (χ1v) is 5.51. The molecule has 2 nitrogen and oxygen atoms in total. The van der Waals surface area contributed by atoms with E-state index in [1.165, 1.54) is 0 Å². The SMILES string of the molecule is Cc1ccc(C#N)c(Oc2ccc(Cl)cc2)c1. The minimum atomic E-state index is 0.519. The molecular formula is C14H10ClNO. The van der Waals surface area contributed by atoms with Crippen molar-refractivity contribution in [3.8, 4) is 17.6 Å². The number of hydrogen-bond donors (Lipinski definition) is 0. The van der Waals surface area contributed by atoms with E-state index in [1.54, 1.807) is 30.3 Å². The molecule has 3 heteroatoms. The van der Waals surface area contributed by atoms with Gasteiger partial charge in [-0.1, -0.05) is 17.7 Å². The molecule has 0 saturated carbocycles. The second kappa shape index (κ2) is 4.90. The van der Waals surface area contributed by atoms with E-state index in [0.717, 1.165) is 5.56 Å². The molecule has 0 saturated heterocycles. The van der Waals surface area contributed by atoms with E-state index in [0.29, 0.717) is 22.1 Å². The Labute approximate surface area is 105 Å². The van der Waals surface area contributed by atoms with Crippen molar-refractivity contribution >= 4 is 11.6 Å². The summed E-state index contributed by atoms with van der Waals surface area (Å²) in [6.45, 7) is 1.95. The smallest absolute Gasteiger partial charge is 0.145 e. The summed E-state index contributed by atoms with van der Waals surface area (Å²) in [5.41, 5.74) is 1.57. The summed E-state index contributed by atoms with van der Waals surface area (Å²) in [4.78, 5) is 0. The van der Waals surface area contributed by atoms with Gasteiger partial charge in [0.15, 0.2) is 0 Å². The predicted molar refractivity (Wildman–Crippen MR) is 67.4 cm³/mol. The molecule has 0 unspecified atom stereocenters. The molecule has 0 aliphatic carbocycles. The Hall–Kier alpha value is -1.98. The Kier molecular flexibility index (Phi) is 3.32. The molecule has 2 aromatic rings. The van der Waals surface area contributed by atoms with E-state index >= 15 is 0 Å². The lowest BCUT2D eigenvalue weighted by molar-refractivity contribution is 0.480. The van der Waals surface area contributed by atoms with Crippen molar-refractivity contribution in [2.75, 3.05) is 0 Å². The van der Waals surface area contributed by atoms with Crippen LogP contribution in [0.3, 0.4) is 0 Å². The van der Waals surface area contributed by atoms with Gasteiger partial charge in [-0.3, -0.25) is 0 Å². The molecule has 2 rings (SSSR count). The molecule has 0 atom stereocenters. The van der Waals surface area contributed by atoms with E-state index < -0.39 is 0 Å². The van der Waals surface area contributed by atoms with Crippen molar-refractivity contribution in [2.45, 2.75) is 6.92 Å². The Balaban J connectivity index is 2.32. The van der Waals surface area contributed by atoms with Crippen LogP contribution < -0.4 is 4.74 Å². The number of ether oxygens (including phenoxy) is 1. The lowest BCUT2D eigenvalue weighted by Crippen LogP contribution is -1.89. The molecule has 0 aliphatic heterocycles. The van der Waals surface area contributed by atoms with E-state index in [2.05, 4.69) is 6.07 Å². The average Bonchev–Trinajstić information content (AvgIpc) is 2.32. The van der Waals surface area contributed by atoms with Crippen LogP contribution in [0.15, 0.2) is 42.5 Å². The first-order valence-electron chi connectivity index (χ1n) is 5.13. The molecule has 0 radical (unpaired) electrons. The molecule has 0 fully saturated rings. The lowest BCUT2D eigenvalue weighted by atomic mass is 10.1. The second-order valence-corrected chi connectivity index (χ2v) is 4.10. The van der Waals surface area contributed by atoms with Crippen LogP contribution in [0.2, 0.25) is 5.02 Å². The maximum absolute atomic E-state index is 8.98. The van der Waals surface area contributed by atoms with Gasteiger partial charge in [-0.2, -0.15) is 5.26 Å². The van der Waals surface area contributed by atoms with E-state index in [9.17, 15) is 0 Å². The molecule has 2 aromatic carbocycles. The quantitative estimate of drug-likeness (QED) is 0.787. The molecule has 0 amide bonds. The van der Waals surface area contributed by atoms with E-state index in [4.69, 9.17) is 21.6 Å². The summed E-state index contributed by atoms with van der Waals surface area (Å²) in [6.07, 6.45) is 0. The molecule has 84 valence electrons. The fourth-order valence-electron chi connectivity index (χ4n) is 1.44. The van der Waals surface area contributed by atoms with Crippen LogP contribution in [-0.2, 0) is 0 Å². The number of hydrogen-bond acceptors (Lipinski definition) is 2. The number of benzene rings is 2. The highest BCUT2D eigenvalue weighted by atomic mass is 35.5. The summed E-state index contributed by atoms with van der Waals surface area (Å²) in [5.74, 6) is 1.23. The van der Waals surface area contributed by atoms with E-state index in [-0.39, 0.29) is 0 Å². The van der Waals surface area contributed by atoms with Crippen LogP contribution in [0.1, 0.15) is 11.1 Å². The third-order valence-corrected chi connectivity index (χ3v) is 2.55. The van der Waals surface area contributed by atoms with Gasteiger partial charge in [-0.05, 0) is 48.9 Å². The maximum Gasteiger partial charge on any atom is 0.145 e. The van der Waals surface area contributed by atoms with Crippen LogP contribution in [-0.4, -0.2) is 0 Å². The van der Waals surface area contributed by atoms with Crippen molar-refractivity contribution in [3.05, 3.63) is 58.6 Å². The predicted octanol–water partition coefficient (Wildman–Crippen LogP) is 4.31. The molecule has 0 N–H and O–H groups in total. The third-order valence-electron chi connectivity index (χ3n) is 2.30. The monoisotopic (exact) mass is 243 g/mol. The third kappa shape index (κ3) is 2.77. The van der Waals surface area contributed by atoms with Crippen LogP contribution in [0, 0.1) is 18.3 Å². The van der Waals surface area contributed by atoms with Gasteiger partial charge in [0.05, 0.1) is 5.56 Å². The highest BCUT2D eigenvalue weighted by molar-refractivity contribution is 6.30. The van der Waals surface area contributed by atoms with E-state index in [1.807, 2.05) is 19.1 Å². The Bertz CT molecular complexity index is 570. The summed E-state index contributed by atoms with van der Waals surface area (Å²) in [7, 11) is 0. The van der Waals surface area contributed by atoms with Crippen LogP contribution >= 0.6 is 11.6 Å². The molecule has 17 heavy (non-hydrogen) atoms. The number of aryl methyl sites for hydroxylation is 1. The van der Waals surface area contributed by atoms with Crippen molar-refractivity contribution in [2.24, 2.45) is 0 Å². The van der Waals surface area contributed by atoms with Gasteiger partial charge in [-0.15, -0.1) is 0 Å². The Morgan fingerprint density at radius 3 is 2.47 bits per heavy atom. The molecule has 0 bridgehead atoms. The van der Waals surface area contributed by atoms with Gasteiger partial charge in [0.25, 0.3) is 0 Å². The zero-order valence-electron chi connectivity index (χ0n) is 9.27. The fraction of sp³-hybridized carbons (Fsp3) is 0.0714.